The lowest BCUT2D eigenvalue weighted by atomic mass is 10.1. The van der Waals surface area contributed by atoms with Crippen molar-refractivity contribution in [2.75, 3.05) is 0 Å². The van der Waals surface area contributed by atoms with Crippen LogP contribution in [0.4, 0.5) is 10.5 Å². The quantitative estimate of drug-likeness (QED) is 0.523. The maximum absolute atomic E-state index is 12.0. The lowest BCUT2D eigenvalue weighted by Gasteiger charge is -2.14. The molecule has 1 atom stereocenters. The molecule has 7 nitrogen and oxygen atoms in total. The van der Waals surface area contributed by atoms with E-state index in [1.54, 1.807) is 6.92 Å². The Morgan fingerprint density at radius 2 is 2.15 bits per heavy atom. The SMILES string of the molecule is CC[C@@H]1NC(=O)N(Cc2c(Cl)cccc2[N+](=O)[O-])C1=O. The highest BCUT2D eigenvalue weighted by Crippen LogP contribution is 2.28. The molecule has 0 aliphatic carbocycles. The molecule has 1 N–H and O–H groups in total. The van der Waals surface area contributed by atoms with E-state index in [4.69, 9.17) is 11.6 Å². The number of nitrogens with zero attached hydrogens (tertiary/aromatic N) is 2. The lowest BCUT2D eigenvalue weighted by molar-refractivity contribution is -0.385. The molecule has 1 heterocycles. The molecule has 0 bridgehead atoms. The molecule has 8 heteroatoms. The molecular formula is C12H12ClN3O4. The van der Waals surface area contributed by atoms with Crippen LogP contribution in [0.3, 0.4) is 0 Å². The summed E-state index contributed by atoms with van der Waals surface area (Å²) in [5.74, 6) is -0.397. The van der Waals surface area contributed by atoms with Gasteiger partial charge in [-0.2, -0.15) is 0 Å². The molecule has 0 saturated carbocycles. The van der Waals surface area contributed by atoms with Crippen LogP contribution in [0.5, 0.6) is 0 Å². The highest BCUT2D eigenvalue weighted by atomic mass is 35.5. The summed E-state index contributed by atoms with van der Waals surface area (Å²) in [4.78, 5) is 35.0. The van der Waals surface area contributed by atoms with Gasteiger partial charge in [-0.25, -0.2) is 4.79 Å². The molecule has 0 spiro atoms. The fourth-order valence-corrected chi connectivity index (χ4v) is 2.27. The van der Waals surface area contributed by atoms with Gasteiger partial charge in [0.2, 0.25) is 0 Å². The second-order valence-corrected chi connectivity index (χ2v) is 4.74. The molecule has 20 heavy (non-hydrogen) atoms. The summed E-state index contributed by atoms with van der Waals surface area (Å²) in [5, 5.41) is 13.6. The van der Waals surface area contributed by atoms with Crippen LogP contribution < -0.4 is 5.32 Å². The van der Waals surface area contributed by atoms with Crippen molar-refractivity contribution >= 4 is 29.2 Å². The minimum absolute atomic E-state index is 0.152. The number of hydrogen-bond donors (Lipinski definition) is 1. The van der Waals surface area contributed by atoms with E-state index >= 15 is 0 Å². The molecule has 1 aliphatic heterocycles. The van der Waals surface area contributed by atoms with Gasteiger partial charge in [0, 0.05) is 6.07 Å². The van der Waals surface area contributed by atoms with Crippen LogP contribution in [0, 0.1) is 10.1 Å². The average Bonchev–Trinajstić information content (AvgIpc) is 2.67. The van der Waals surface area contributed by atoms with Crippen LogP contribution in [0.15, 0.2) is 18.2 Å². The van der Waals surface area contributed by atoms with Gasteiger partial charge in [0.25, 0.3) is 11.6 Å². The number of amides is 3. The minimum Gasteiger partial charge on any atom is -0.326 e. The van der Waals surface area contributed by atoms with Crippen molar-refractivity contribution in [2.24, 2.45) is 0 Å². The predicted octanol–water partition coefficient (Wildman–Crippen LogP) is 2.08. The Kier molecular flexibility index (Phi) is 3.89. The van der Waals surface area contributed by atoms with Gasteiger partial charge in [-0.05, 0) is 12.5 Å². The number of hydrogen-bond acceptors (Lipinski definition) is 4. The summed E-state index contributed by atoms with van der Waals surface area (Å²) in [6.07, 6.45) is 0.464. The van der Waals surface area contributed by atoms with E-state index in [-0.39, 0.29) is 22.8 Å². The van der Waals surface area contributed by atoms with Gasteiger partial charge >= 0.3 is 6.03 Å². The highest BCUT2D eigenvalue weighted by Gasteiger charge is 2.38. The number of nitro benzene ring substituents is 1. The van der Waals surface area contributed by atoms with E-state index in [1.165, 1.54) is 18.2 Å². The van der Waals surface area contributed by atoms with Crippen molar-refractivity contribution in [3.63, 3.8) is 0 Å². The largest absolute Gasteiger partial charge is 0.326 e. The molecule has 0 radical (unpaired) electrons. The lowest BCUT2D eigenvalue weighted by Crippen LogP contribution is -2.31. The zero-order valence-corrected chi connectivity index (χ0v) is 11.4. The number of carbonyl (C=O) groups is 2. The zero-order valence-electron chi connectivity index (χ0n) is 10.6. The Hall–Kier alpha value is -2.15. The smallest absolute Gasteiger partial charge is 0.325 e. The molecule has 3 amide bonds. The van der Waals surface area contributed by atoms with Crippen molar-refractivity contribution in [3.8, 4) is 0 Å². The van der Waals surface area contributed by atoms with Crippen molar-refractivity contribution in [1.82, 2.24) is 10.2 Å². The second-order valence-electron chi connectivity index (χ2n) is 4.33. The Morgan fingerprint density at radius 1 is 1.45 bits per heavy atom. The molecule has 1 aromatic carbocycles. The molecule has 1 fully saturated rings. The number of benzene rings is 1. The van der Waals surface area contributed by atoms with E-state index in [0.717, 1.165) is 4.90 Å². The molecule has 2 rings (SSSR count). The average molecular weight is 298 g/mol. The summed E-state index contributed by atoms with van der Waals surface area (Å²) in [5.41, 5.74) is -0.0579. The highest BCUT2D eigenvalue weighted by molar-refractivity contribution is 6.31. The number of rotatable bonds is 4. The minimum atomic E-state index is -0.586. The molecular weight excluding hydrogens is 286 g/mol. The van der Waals surface area contributed by atoms with Crippen LogP contribution in [-0.4, -0.2) is 27.8 Å². The second kappa shape index (κ2) is 5.46. The van der Waals surface area contributed by atoms with Crippen molar-refractivity contribution in [3.05, 3.63) is 38.9 Å². The van der Waals surface area contributed by atoms with E-state index in [1.807, 2.05) is 0 Å². The van der Waals surface area contributed by atoms with Crippen molar-refractivity contribution in [2.45, 2.75) is 25.9 Å². The van der Waals surface area contributed by atoms with Gasteiger partial charge < -0.3 is 5.32 Å². The van der Waals surface area contributed by atoms with Crippen LogP contribution >= 0.6 is 11.6 Å². The summed E-state index contributed by atoms with van der Waals surface area (Å²) >= 11 is 5.94. The molecule has 106 valence electrons. The Labute approximate surface area is 119 Å². The van der Waals surface area contributed by atoms with Crippen LogP contribution in [0.2, 0.25) is 5.02 Å². The summed E-state index contributed by atoms with van der Waals surface area (Å²) in [7, 11) is 0. The third-order valence-electron chi connectivity index (χ3n) is 3.12. The molecule has 1 saturated heterocycles. The third-order valence-corrected chi connectivity index (χ3v) is 3.48. The topological polar surface area (TPSA) is 92.6 Å². The molecule has 1 aromatic rings. The molecule has 1 aliphatic rings. The standard InChI is InChI=1S/C12H12ClN3O4/c1-2-9-11(17)15(12(18)14-9)6-7-8(13)4-3-5-10(7)16(19)20/h3-5,9H,2,6H2,1H3,(H,14,18)/t9-/m0/s1. The number of imide groups is 1. The first-order chi connectivity index (χ1) is 9.45. The van der Waals surface area contributed by atoms with E-state index in [2.05, 4.69) is 5.32 Å². The number of urea groups is 1. The van der Waals surface area contributed by atoms with Gasteiger partial charge in [0.1, 0.15) is 6.04 Å². The monoisotopic (exact) mass is 297 g/mol. The van der Waals surface area contributed by atoms with E-state index in [9.17, 15) is 19.7 Å². The summed E-state index contributed by atoms with van der Waals surface area (Å²) in [6.45, 7) is 1.56. The van der Waals surface area contributed by atoms with Gasteiger partial charge in [0.05, 0.1) is 22.1 Å². The first-order valence-electron chi connectivity index (χ1n) is 5.99. The van der Waals surface area contributed by atoms with Gasteiger partial charge in [-0.15, -0.1) is 0 Å². The normalized spacial score (nSPS) is 18.3. The number of nitro groups is 1. The molecule has 0 unspecified atom stereocenters. The van der Waals surface area contributed by atoms with Crippen LogP contribution in [-0.2, 0) is 11.3 Å². The van der Waals surface area contributed by atoms with E-state index < -0.39 is 22.9 Å². The third kappa shape index (κ3) is 2.44. The van der Waals surface area contributed by atoms with Crippen molar-refractivity contribution < 1.29 is 14.5 Å². The summed E-state index contributed by atoms with van der Waals surface area (Å²) in [6, 6.07) is 3.08. The first kappa shape index (κ1) is 14.3. The number of halogens is 1. The number of nitrogens with one attached hydrogen (secondary N) is 1. The van der Waals surface area contributed by atoms with Crippen molar-refractivity contribution in [1.29, 1.82) is 0 Å². The van der Waals surface area contributed by atoms with Gasteiger partial charge in [-0.1, -0.05) is 24.6 Å². The Balaban J connectivity index is 2.33. The predicted molar refractivity (Wildman–Crippen MR) is 71.3 cm³/mol. The van der Waals surface area contributed by atoms with Gasteiger partial charge in [-0.3, -0.25) is 19.8 Å². The maximum atomic E-state index is 12.0. The summed E-state index contributed by atoms with van der Waals surface area (Å²) < 4.78 is 0. The fraction of sp³-hybridized carbons (Fsp3) is 0.333. The van der Waals surface area contributed by atoms with Crippen LogP contribution in [0.1, 0.15) is 18.9 Å². The first-order valence-corrected chi connectivity index (χ1v) is 6.37. The van der Waals surface area contributed by atoms with E-state index in [0.29, 0.717) is 6.42 Å². The van der Waals surface area contributed by atoms with Gasteiger partial charge in [0.15, 0.2) is 0 Å². The number of carbonyl (C=O) groups excluding carboxylic acids is 2. The fourth-order valence-electron chi connectivity index (χ4n) is 2.04. The maximum Gasteiger partial charge on any atom is 0.325 e. The molecule has 0 aromatic heterocycles. The Morgan fingerprint density at radius 3 is 2.70 bits per heavy atom. The Bertz CT molecular complexity index is 590. The zero-order chi connectivity index (χ0) is 14.9. The van der Waals surface area contributed by atoms with Crippen LogP contribution in [0.25, 0.3) is 0 Å².